The van der Waals surface area contributed by atoms with Crippen LogP contribution in [0, 0.1) is 0 Å². The Kier molecular flexibility index (Phi) is 6.61. The molecule has 0 atom stereocenters. The second-order valence-electron chi connectivity index (χ2n) is 6.87. The van der Waals surface area contributed by atoms with Crippen LogP contribution in [0.25, 0.3) is 0 Å². The van der Waals surface area contributed by atoms with E-state index in [1.165, 1.54) is 4.90 Å². The van der Waals surface area contributed by atoms with E-state index in [0.717, 1.165) is 5.56 Å². The Morgan fingerprint density at radius 2 is 1.90 bits per heavy atom. The normalized spacial score (nSPS) is 12.9. The predicted molar refractivity (Wildman–Crippen MR) is 108 cm³/mol. The Hall–Kier alpha value is -3.19. The summed E-state index contributed by atoms with van der Waals surface area (Å²) in [5.74, 6) is -0.00406. The van der Waals surface area contributed by atoms with E-state index in [2.05, 4.69) is 0 Å². The summed E-state index contributed by atoms with van der Waals surface area (Å²) in [6, 6.07) is 14.4. The second kappa shape index (κ2) is 9.34. The molecule has 0 fully saturated rings. The fraction of sp³-hybridized carbons (Fsp3) is 0.318. The van der Waals surface area contributed by atoms with Gasteiger partial charge in [-0.3, -0.25) is 14.4 Å². The van der Waals surface area contributed by atoms with Crippen molar-refractivity contribution in [3.8, 4) is 5.75 Å². The average Bonchev–Trinajstić information content (AvgIpc) is 2.74. The number of hydrogen-bond donors (Lipinski definition) is 1. The number of nitrogens with zero attached hydrogens (tertiary/aromatic N) is 2. The summed E-state index contributed by atoms with van der Waals surface area (Å²) in [5, 5.41) is 9.27. The van der Waals surface area contributed by atoms with Crippen LogP contribution in [-0.4, -0.2) is 54.4 Å². The van der Waals surface area contributed by atoms with E-state index < -0.39 is 0 Å². The number of aliphatic hydroxyl groups excluding tert-OH is 1. The summed E-state index contributed by atoms with van der Waals surface area (Å²) in [4.78, 5) is 40.0. The molecule has 152 valence electrons. The Balaban J connectivity index is 1.63. The number of likely N-dealkylation sites (N-methyl/N-ethyl adjacent to an activating group) is 1. The fourth-order valence-corrected chi connectivity index (χ4v) is 3.19. The number of carbonyl (C=O) groups excluding carboxylic acids is 3. The molecule has 0 saturated heterocycles. The smallest absolute Gasteiger partial charge is 0.264 e. The van der Waals surface area contributed by atoms with Crippen LogP contribution in [-0.2, 0) is 16.1 Å². The van der Waals surface area contributed by atoms with Crippen LogP contribution >= 0.6 is 0 Å². The summed E-state index contributed by atoms with van der Waals surface area (Å²) in [5.41, 5.74) is 1.94. The van der Waals surface area contributed by atoms with Crippen molar-refractivity contribution in [2.75, 3.05) is 31.7 Å². The minimum atomic E-state index is -0.190. The molecular formula is C22H24N2O5. The molecular weight excluding hydrogens is 372 g/mol. The molecule has 0 saturated carbocycles. The lowest BCUT2D eigenvalue weighted by molar-refractivity contribution is -0.132. The first-order chi connectivity index (χ1) is 14.0. The third-order valence-corrected chi connectivity index (χ3v) is 4.87. The summed E-state index contributed by atoms with van der Waals surface area (Å²) in [7, 11) is 1.64. The molecule has 1 aliphatic heterocycles. The maximum Gasteiger partial charge on any atom is 0.264 e. The van der Waals surface area contributed by atoms with E-state index in [-0.39, 0.29) is 50.2 Å². The van der Waals surface area contributed by atoms with Gasteiger partial charge in [0.1, 0.15) is 5.75 Å². The molecule has 0 aromatic heterocycles. The summed E-state index contributed by atoms with van der Waals surface area (Å²) in [6.07, 6.45) is 0.0981. The van der Waals surface area contributed by atoms with E-state index in [1.807, 2.05) is 30.3 Å². The first kappa shape index (κ1) is 20.5. The van der Waals surface area contributed by atoms with Crippen LogP contribution in [0.4, 0.5) is 5.69 Å². The van der Waals surface area contributed by atoms with Crippen molar-refractivity contribution in [2.45, 2.75) is 19.4 Å². The number of hydrogen-bond acceptors (Lipinski definition) is 5. The molecule has 2 aromatic carbocycles. The van der Waals surface area contributed by atoms with Gasteiger partial charge < -0.3 is 19.6 Å². The quantitative estimate of drug-likeness (QED) is 0.690. The molecule has 1 N–H and O–H groups in total. The zero-order valence-corrected chi connectivity index (χ0v) is 16.3. The van der Waals surface area contributed by atoms with Gasteiger partial charge in [-0.1, -0.05) is 30.3 Å². The van der Waals surface area contributed by atoms with Crippen molar-refractivity contribution in [2.24, 2.45) is 0 Å². The van der Waals surface area contributed by atoms with Crippen LogP contribution in [0.2, 0.25) is 0 Å². The molecule has 2 aromatic rings. The van der Waals surface area contributed by atoms with Crippen LogP contribution in [0.3, 0.4) is 0 Å². The van der Waals surface area contributed by atoms with Crippen molar-refractivity contribution < 1.29 is 24.2 Å². The standard InChI is InChI=1S/C22H24N2O5/c1-23-18-13-17(7-9-20(18)29-15-22(23)28)19(26)8-10-21(27)24(11-12-25)14-16-5-3-2-4-6-16/h2-7,9,13,25H,8,10-12,14-15H2,1H3. The number of fused-ring (bicyclic) bond motifs is 1. The number of aliphatic hydroxyl groups is 1. The fourth-order valence-electron chi connectivity index (χ4n) is 3.19. The topological polar surface area (TPSA) is 87.2 Å². The van der Waals surface area contributed by atoms with Gasteiger partial charge in [0.25, 0.3) is 5.91 Å². The lowest BCUT2D eigenvalue weighted by atomic mass is 10.0. The summed E-state index contributed by atoms with van der Waals surface area (Å²) >= 11 is 0. The van der Waals surface area contributed by atoms with Gasteiger partial charge in [-0.05, 0) is 23.8 Å². The highest BCUT2D eigenvalue weighted by atomic mass is 16.5. The average molecular weight is 396 g/mol. The summed E-state index contributed by atoms with van der Waals surface area (Å²) in [6.45, 7) is 0.438. The monoisotopic (exact) mass is 396 g/mol. The van der Waals surface area contributed by atoms with Crippen molar-refractivity contribution in [3.63, 3.8) is 0 Å². The van der Waals surface area contributed by atoms with Crippen molar-refractivity contribution >= 4 is 23.3 Å². The van der Waals surface area contributed by atoms with E-state index in [9.17, 15) is 19.5 Å². The van der Waals surface area contributed by atoms with E-state index >= 15 is 0 Å². The zero-order valence-electron chi connectivity index (χ0n) is 16.3. The van der Waals surface area contributed by atoms with Gasteiger partial charge in [-0.2, -0.15) is 0 Å². The lowest BCUT2D eigenvalue weighted by Crippen LogP contribution is -2.35. The molecule has 1 heterocycles. The molecule has 1 aliphatic rings. The van der Waals surface area contributed by atoms with Crippen LogP contribution < -0.4 is 9.64 Å². The number of amides is 2. The SMILES string of the molecule is CN1C(=O)COc2ccc(C(=O)CCC(=O)N(CCO)Cc3ccccc3)cc21. The van der Waals surface area contributed by atoms with E-state index in [1.54, 1.807) is 30.1 Å². The Morgan fingerprint density at radius 1 is 1.14 bits per heavy atom. The predicted octanol–water partition coefficient (Wildman–Crippen LogP) is 2.03. The van der Waals surface area contributed by atoms with Crippen molar-refractivity contribution in [1.29, 1.82) is 0 Å². The van der Waals surface area contributed by atoms with Crippen LogP contribution in [0.5, 0.6) is 5.75 Å². The number of ketones is 1. The van der Waals surface area contributed by atoms with Gasteiger partial charge in [-0.15, -0.1) is 0 Å². The molecule has 0 unspecified atom stereocenters. The number of rotatable bonds is 8. The molecule has 7 nitrogen and oxygen atoms in total. The number of carbonyl (C=O) groups is 3. The van der Waals surface area contributed by atoms with Gasteiger partial charge >= 0.3 is 0 Å². The maximum atomic E-state index is 12.6. The van der Waals surface area contributed by atoms with Gasteiger partial charge in [0.15, 0.2) is 12.4 Å². The second-order valence-corrected chi connectivity index (χ2v) is 6.87. The third kappa shape index (κ3) is 5.00. The third-order valence-electron chi connectivity index (χ3n) is 4.87. The van der Waals surface area contributed by atoms with Crippen molar-refractivity contribution in [3.05, 3.63) is 59.7 Å². The van der Waals surface area contributed by atoms with Crippen molar-refractivity contribution in [1.82, 2.24) is 4.90 Å². The molecule has 29 heavy (non-hydrogen) atoms. The van der Waals surface area contributed by atoms with Gasteiger partial charge in [0, 0.05) is 38.5 Å². The largest absolute Gasteiger partial charge is 0.482 e. The zero-order chi connectivity index (χ0) is 20.8. The van der Waals surface area contributed by atoms with Crippen LogP contribution in [0.1, 0.15) is 28.8 Å². The highest BCUT2D eigenvalue weighted by Crippen LogP contribution is 2.32. The molecule has 2 amide bonds. The van der Waals surface area contributed by atoms with E-state index in [0.29, 0.717) is 23.5 Å². The summed E-state index contributed by atoms with van der Waals surface area (Å²) < 4.78 is 5.37. The van der Waals surface area contributed by atoms with Gasteiger partial charge in [-0.25, -0.2) is 0 Å². The number of anilines is 1. The van der Waals surface area contributed by atoms with Gasteiger partial charge in [0.05, 0.1) is 12.3 Å². The minimum absolute atomic E-state index is 0.0204. The highest BCUT2D eigenvalue weighted by molar-refractivity contribution is 6.02. The number of Topliss-reactive ketones (excluding diaryl/α,β-unsaturated/α-hetero) is 1. The Morgan fingerprint density at radius 3 is 2.62 bits per heavy atom. The highest BCUT2D eigenvalue weighted by Gasteiger charge is 2.24. The molecule has 7 heteroatoms. The molecule has 0 aliphatic carbocycles. The molecule has 0 radical (unpaired) electrons. The first-order valence-electron chi connectivity index (χ1n) is 9.48. The lowest BCUT2D eigenvalue weighted by Gasteiger charge is -2.26. The van der Waals surface area contributed by atoms with Gasteiger partial charge in [0.2, 0.25) is 5.91 Å². The van der Waals surface area contributed by atoms with Crippen LogP contribution in [0.15, 0.2) is 48.5 Å². The Labute approximate surface area is 169 Å². The van der Waals surface area contributed by atoms with E-state index in [4.69, 9.17) is 4.74 Å². The number of benzene rings is 2. The first-order valence-corrected chi connectivity index (χ1v) is 9.48. The maximum absolute atomic E-state index is 12.6. The molecule has 0 bridgehead atoms. The number of ether oxygens (including phenoxy) is 1. The molecule has 0 spiro atoms. The minimum Gasteiger partial charge on any atom is -0.482 e. The molecule has 3 rings (SSSR count). The Bertz CT molecular complexity index is 897.